The summed E-state index contributed by atoms with van der Waals surface area (Å²) in [5.41, 5.74) is 2.96. The van der Waals surface area contributed by atoms with Crippen LogP contribution in [0.15, 0.2) is 60.7 Å². The van der Waals surface area contributed by atoms with Crippen molar-refractivity contribution in [1.82, 2.24) is 5.06 Å². The number of benzene rings is 2. The SMILES string of the molecule is CCCCCCCC/C=C/c1ccc(C(=O)N(CCc2ccccc2)OC)cc1. The summed E-state index contributed by atoms with van der Waals surface area (Å²) < 4.78 is 0. The number of carbonyl (C=O) groups excluding carboxylic acids is 1. The van der Waals surface area contributed by atoms with E-state index >= 15 is 0 Å². The molecule has 1 amide bonds. The van der Waals surface area contributed by atoms with Crippen LogP contribution in [-0.4, -0.2) is 24.6 Å². The van der Waals surface area contributed by atoms with Crippen molar-refractivity contribution in [3.05, 3.63) is 77.4 Å². The van der Waals surface area contributed by atoms with Crippen molar-refractivity contribution < 1.29 is 9.63 Å². The maximum Gasteiger partial charge on any atom is 0.277 e. The van der Waals surface area contributed by atoms with Gasteiger partial charge in [-0.1, -0.05) is 93.6 Å². The maximum absolute atomic E-state index is 12.7. The van der Waals surface area contributed by atoms with E-state index in [4.69, 9.17) is 4.84 Å². The third kappa shape index (κ3) is 8.66. The van der Waals surface area contributed by atoms with Gasteiger partial charge in [-0.15, -0.1) is 0 Å². The molecule has 0 aromatic heterocycles. The van der Waals surface area contributed by atoms with Crippen LogP contribution in [0.3, 0.4) is 0 Å². The Hall–Kier alpha value is -2.39. The van der Waals surface area contributed by atoms with Crippen LogP contribution in [0.1, 0.15) is 73.4 Å². The van der Waals surface area contributed by atoms with Gasteiger partial charge in [0.15, 0.2) is 0 Å². The second-order valence-electron chi connectivity index (χ2n) is 7.41. The second-order valence-corrected chi connectivity index (χ2v) is 7.41. The molecule has 3 heteroatoms. The minimum atomic E-state index is -0.106. The van der Waals surface area contributed by atoms with Crippen LogP contribution in [-0.2, 0) is 11.3 Å². The molecule has 0 atom stereocenters. The molecule has 0 aliphatic carbocycles. The number of hydrogen-bond donors (Lipinski definition) is 0. The molecular formula is C26H35NO2. The molecule has 0 bridgehead atoms. The topological polar surface area (TPSA) is 29.5 Å². The molecule has 0 saturated carbocycles. The minimum Gasteiger partial charge on any atom is -0.274 e. The van der Waals surface area contributed by atoms with Crippen LogP contribution in [0.4, 0.5) is 0 Å². The van der Waals surface area contributed by atoms with Crippen LogP contribution < -0.4 is 0 Å². The van der Waals surface area contributed by atoms with Gasteiger partial charge in [0.1, 0.15) is 0 Å². The summed E-state index contributed by atoms with van der Waals surface area (Å²) in [4.78, 5) is 18.0. The zero-order valence-corrected chi connectivity index (χ0v) is 18.0. The maximum atomic E-state index is 12.7. The Kier molecular flexibility index (Phi) is 10.8. The van der Waals surface area contributed by atoms with Crippen molar-refractivity contribution >= 4 is 12.0 Å². The predicted molar refractivity (Wildman–Crippen MR) is 122 cm³/mol. The Morgan fingerprint density at radius 1 is 0.931 bits per heavy atom. The summed E-state index contributed by atoms with van der Waals surface area (Å²) in [6.45, 7) is 2.78. The fourth-order valence-electron chi connectivity index (χ4n) is 3.29. The normalized spacial score (nSPS) is 11.1. The van der Waals surface area contributed by atoms with Crippen molar-refractivity contribution in [2.24, 2.45) is 0 Å². The molecule has 2 aromatic rings. The van der Waals surface area contributed by atoms with E-state index in [0.717, 1.165) is 18.4 Å². The van der Waals surface area contributed by atoms with Crippen molar-refractivity contribution in [2.45, 2.75) is 58.3 Å². The van der Waals surface area contributed by atoms with Crippen LogP contribution >= 0.6 is 0 Å². The monoisotopic (exact) mass is 393 g/mol. The second kappa shape index (κ2) is 13.7. The van der Waals surface area contributed by atoms with Crippen LogP contribution in [0, 0.1) is 0 Å². The molecule has 2 rings (SSSR count). The number of allylic oxidation sites excluding steroid dienone is 1. The highest BCUT2D eigenvalue weighted by atomic mass is 16.7. The standard InChI is InChI=1S/C26H35NO2/c1-3-4-5-6-7-8-9-11-16-24-17-19-25(20-18-24)26(28)27(29-2)22-21-23-14-12-10-13-15-23/h10-20H,3-9,21-22H2,1-2H3/b16-11+. The Morgan fingerprint density at radius 2 is 1.62 bits per heavy atom. The average Bonchev–Trinajstić information content (AvgIpc) is 2.77. The fourth-order valence-corrected chi connectivity index (χ4v) is 3.29. The molecule has 3 nitrogen and oxygen atoms in total. The lowest BCUT2D eigenvalue weighted by Crippen LogP contribution is -2.31. The van der Waals surface area contributed by atoms with Gasteiger partial charge < -0.3 is 0 Å². The van der Waals surface area contributed by atoms with Gasteiger partial charge in [0, 0.05) is 5.56 Å². The van der Waals surface area contributed by atoms with Crippen molar-refractivity contribution in [3.8, 4) is 0 Å². The first-order valence-corrected chi connectivity index (χ1v) is 10.9. The molecule has 0 unspecified atom stereocenters. The number of amides is 1. The molecule has 0 aliphatic rings. The summed E-state index contributed by atoms with van der Waals surface area (Å²) in [7, 11) is 1.54. The Morgan fingerprint density at radius 3 is 2.31 bits per heavy atom. The number of carbonyl (C=O) groups is 1. The highest BCUT2D eigenvalue weighted by Crippen LogP contribution is 2.12. The predicted octanol–water partition coefficient (Wildman–Crippen LogP) is 6.70. The van der Waals surface area contributed by atoms with E-state index in [1.807, 2.05) is 42.5 Å². The summed E-state index contributed by atoms with van der Waals surface area (Å²) in [5.74, 6) is -0.106. The van der Waals surface area contributed by atoms with Crippen LogP contribution in [0.25, 0.3) is 6.08 Å². The van der Waals surface area contributed by atoms with Gasteiger partial charge in [-0.2, -0.15) is 0 Å². The molecule has 156 valence electrons. The molecule has 2 aromatic carbocycles. The zero-order chi connectivity index (χ0) is 20.7. The highest BCUT2D eigenvalue weighted by molar-refractivity contribution is 5.93. The number of hydroxylamine groups is 2. The molecule has 0 heterocycles. The first kappa shape index (κ1) is 22.9. The van der Waals surface area contributed by atoms with E-state index in [-0.39, 0.29) is 5.91 Å². The van der Waals surface area contributed by atoms with Crippen LogP contribution in [0.5, 0.6) is 0 Å². The third-order valence-electron chi connectivity index (χ3n) is 5.09. The quantitative estimate of drug-likeness (QED) is 0.280. The van der Waals surface area contributed by atoms with E-state index in [1.54, 1.807) is 7.11 Å². The largest absolute Gasteiger partial charge is 0.277 e. The highest BCUT2D eigenvalue weighted by Gasteiger charge is 2.15. The molecule has 0 saturated heterocycles. The first-order chi connectivity index (χ1) is 14.2. The number of nitrogens with zero attached hydrogens (tertiary/aromatic N) is 1. The summed E-state index contributed by atoms with van der Waals surface area (Å²) >= 11 is 0. The van der Waals surface area contributed by atoms with Gasteiger partial charge >= 0.3 is 0 Å². The van der Waals surface area contributed by atoms with Gasteiger partial charge in [0.05, 0.1) is 13.7 Å². The molecule has 0 spiro atoms. The van der Waals surface area contributed by atoms with Crippen LogP contribution in [0.2, 0.25) is 0 Å². The van der Waals surface area contributed by atoms with Crippen molar-refractivity contribution in [2.75, 3.05) is 13.7 Å². The lowest BCUT2D eigenvalue weighted by atomic mass is 10.1. The minimum absolute atomic E-state index is 0.106. The Bertz CT molecular complexity index is 722. The lowest BCUT2D eigenvalue weighted by molar-refractivity contribution is -0.0942. The molecule has 0 N–H and O–H groups in total. The van der Waals surface area contributed by atoms with Gasteiger partial charge in [0.25, 0.3) is 5.91 Å². The van der Waals surface area contributed by atoms with E-state index in [2.05, 4.69) is 31.2 Å². The number of hydrogen-bond acceptors (Lipinski definition) is 2. The number of unbranched alkanes of at least 4 members (excludes halogenated alkanes) is 6. The molecule has 0 radical (unpaired) electrons. The van der Waals surface area contributed by atoms with Gasteiger partial charge in [-0.05, 0) is 42.5 Å². The fraction of sp³-hybridized carbons (Fsp3) is 0.423. The van der Waals surface area contributed by atoms with Crippen molar-refractivity contribution in [1.29, 1.82) is 0 Å². The lowest BCUT2D eigenvalue weighted by Gasteiger charge is -2.19. The van der Waals surface area contributed by atoms with E-state index in [9.17, 15) is 4.79 Å². The first-order valence-electron chi connectivity index (χ1n) is 10.9. The van der Waals surface area contributed by atoms with Gasteiger partial charge in [-0.25, -0.2) is 5.06 Å². The van der Waals surface area contributed by atoms with E-state index < -0.39 is 0 Å². The van der Waals surface area contributed by atoms with Gasteiger partial charge in [-0.3, -0.25) is 9.63 Å². The molecule has 29 heavy (non-hydrogen) atoms. The summed E-state index contributed by atoms with van der Waals surface area (Å²) in [6.07, 6.45) is 14.2. The number of rotatable bonds is 13. The Labute approximate surface area is 176 Å². The van der Waals surface area contributed by atoms with Gasteiger partial charge in [0.2, 0.25) is 0 Å². The average molecular weight is 394 g/mol. The Balaban J connectivity index is 1.78. The smallest absolute Gasteiger partial charge is 0.274 e. The van der Waals surface area contributed by atoms with E-state index in [1.165, 1.54) is 49.2 Å². The van der Waals surface area contributed by atoms with Crippen molar-refractivity contribution in [3.63, 3.8) is 0 Å². The third-order valence-corrected chi connectivity index (χ3v) is 5.09. The molecule has 0 fully saturated rings. The summed E-state index contributed by atoms with van der Waals surface area (Å²) in [5, 5.41) is 1.43. The molecule has 0 aliphatic heterocycles. The zero-order valence-electron chi connectivity index (χ0n) is 18.0. The summed E-state index contributed by atoms with van der Waals surface area (Å²) in [6, 6.07) is 17.9. The molecular weight excluding hydrogens is 358 g/mol. The van der Waals surface area contributed by atoms with E-state index in [0.29, 0.717) is 12.1 Å².